The fourth-order valence-corrected chi connectivity index (χ4v) is 1.47. The molecule has 0 radical (unpaired) electrons. The second kappa shape index (κ2) is 6.60. The summed E-state index contributed by atoms with van der Waals surface area (Å²) in [5, 5.41) is 55.3. The lowest BCUT2D eigenvalue weighted by Gasteiger charge is -2.24. The van der Waals surface area contributed by atoms with Crippen molar-refractivity contribution < 1.29 is 35.4 Å². The van der Waals surface area contributed by atoms with Crippen molar-refractivity contribution in [3.8, 4) is 5.75 Å². The van der Waals surface area contributed by atoms with E-state index in [4.69, 9.17) is 15.3 Å². The van der Waals surface area contributed by atoms with Crippen molar-refractivity contribution in [1.82, 2.24) is 0 Å². The van der Waals surface area contributed by atoms with E-state index in [9.17, 15) is 20.1 Å². The maximum absolute atomic E-state index is 11.8. The number of rotatable bonds is 6. The molecule has 0 saturated heterocycles. The molecule has 0 amide bonds. The molecule has 19 heavy (non-hydrogen) atoms. The van der Waals surface area contributed by atoms with Crippen LogP contribution in [-0.4, -0.2) is 67.4 Å². The molecule has 0 saturated carbocycles. The van der Waals surface area contributed by atoms with E-state index in [-0.39, 0.29) is 11.3 Å². The van der Waals surface area contributed by atoms with Crippen LogP contribution in [0.2, 0.25) is 0 Å². The molecule has 0 spiro atoms. The number of phenolic OH excluding ortho intramolecular Hbond substituents is 1. The van der Waals surface area contributed by atoms with E-state index >= 15 is 0 Å². The van der Waals surface area contributed by atoms with Crippen LogP contribution >= 0.6 is 0 Å². The van der Waals surface area contributed by atoms with E-state index in [1.54, 1.807) is 0 Å². The highest BCUT2D eigenvalue weighted by Crippen LogP contribution is 2.14. The topological polar surface area (TPSA) is 138 Å². The molecule has 0 heterocycles. The quantitative estimate of drug-likeness (QED) is 0.330. The SMILES string of the molecule is O=C(c1ccc(O)cc1)[C@H](O)[C@@H](O)[C@H](O)[C@H](O)CO. The fourth-order valence-electron chi connectivity index (χ4n) is 1.47. The number of hydrogen-bond donors (Lipinski definition) is 6. The lowest BCUT2D eigenvalue weighted by Crippen LogP contribution is -2.48. The predicted octanol–water partition coefficient (Wildman–Crippen LogP) is -1.99. The number of ketones is 1. The molecule has 0 unspecified atom stereocenters. The van der Waals surface area contributed by atoms with Gasteiger partial charge >= 0.3 is 0 Å². The van der Waals surface area contributed by atoms with Crippen LogP contribution in [0.15, 0.2) is 24.3 Å². The second-order valence-electron chi connectivity index (χ2n) is 4.09. The van der Waals surface area contributed by atoms with Gasteiger partial charge in [-0.2, -0.15) is 0 Å². The Balaban J connectivity index is 2.79. The van der Waals surface area contributed by atoms with E-state index in [1.807, 2.05) is 0 Å². The molecule has 0 aliphatic heterocycles. The van der Waals surface area contributed by atoms with E-state index in [0.29, 0.717) is 0 Å². The highest BCUT2D eigenvalue weighted by Gasteiger charge is 2.34. The number of phenols is 1. The minimum atomic E-state index is -1.96. The maximum Gasteiger partial charge on any atom is 0.194 e. The van der Waals surface area contributed by atoms with Gasteiger partial charge in [0, 0.05) is 5.56 Å². The van der Waals surface area contributed by atoms with Gasteiger partial charge in [-0.15, -0.1) is 0 Å². The van der Waals surface area contributed by atoms with Gasteiger partial charge in [0.1, 0.15) is 30.2 Å². The zero-order valence-corrected chi connectivity index (χ0v) is 9.92. The number of hydrogen-bond acceptors (Lipinski definition) is 7. The summed E-state index contributed by atoms with van der Waals surface area (Å²) in [6.45, 7) is -0.821. The van der Waals surface area contributed by atoms with Crippen LogP contribution in [0.25, 0.3) is 0 Å². The van der Waals surface area contributed by atoms with E-state index in [1.165, 1.54) is 24.3 Å². The summed E-state index contributed by atoms with van der Waals surface area (Å²) in [4.78, 5) is 11.8. The van der Waals surface area contributed by atoms with Gasteiger partial charge in [-0.25, -0.2) is 0 Å². The summed E-state index contributed by atoms with van der Waals surface area (Å²) in [6.07, 6.45) is -7.43. The molecular weight excluding hydrogens is 256 g/mol. The van der Waals surface area contributed by atoms with E-state index < -0.39 is 36.8 Å². The molecule has 4 atom stereocenters. The van der Waals surface area contributed by atoms with Crippen LogP contribution in [0.3, 0.4) is 0 Å². The average Bonchev–Trinajstić information content (AvgIpc) is 2.44. The van der Waals surface area contributed by atoms with Crippen molar-refractivity contribution >= 4 is 5.78 Å². The summed E-state index contributed by atoms with van der Waals surface area (Å²) in [5.41, 5.74) is 0.0232. The molecule has 106 valence electrons. The highest BCUT2D eigenvalue weighted by atomic mass is 16.4. The van der Waals surface area contributed by atoms with E-state index in [2.05, 4.69) is 0 Å². The first-order valence-electron chi connectivity index (χ1n) is 5.55. The normalized spacial score (nSPS) is 17.5. The Bertz CT molecular complexity index is 417. The summed E-state index contributed by atoms with van der Waals surface area (Å²) < 4.78 is 0. The molecule has 0 fully saturated rings. The number of Topliss-reactive ketones (excluding diaryl/α,β-unsaturated/α-hetero) is 1. The molecule has 0 aliphatic carbocycles. The Labute approximate surface area is 109 Å². The zero-order valence-electron chi connectivity index (χ0n) is 9.92. The van der Waals surface area contributed by atoms with Gasteiger partial charge in [-0.3, -0.25) is 4.79 Å². The van der Waals surface area contributed by atoms with Gasteiger partial charge in [0.15, 0.2) is 5.78 Å². The van der Waals surface area contributed by atoms with Gasteiger partial charge < -0.3 is 30.6 Å². The minimum Gasteiger partial charge on any atom is -0.508 e. The zero-order chi connectivity index (χ0) is 14.6. The lowest BCUT2D eigenvalue weighted by molar-refractivity contribution is -0.105. The second-order valence-corrected chi connectivity index (χ2v) is 4.09. The first-order valence-corrected chi connectivity index (χ1v) is 5.55. The van der Waals surface area contributed by atoms with Crippen molar-refractivity contribution in [2.45, 2.75) is 24.4 Å². The largest absolute Gasteiger partial charge is 0.508 e. The minimum absolute atomic E-state index is 0.0232. The molecule has 7 heteroatoms. The van der Waals surface area contributed by atoms with Crippen LogP contribution < -0.4 is 0 Å². The van der Waals surface area contributed by atoms with Crippen LogP contribution in [0.4, 0.5) is 0 Å². The summed E-state index contributed by atoms with van der Waals surface area (Å²) in [6, 6.07) is 4.93. The van der Waals surface area contributed by atoms with Crippen molar-refractivity contribution in [3.63, 3.8) is 0 Å². The smallest absolute Gasteiger partial charge is 0.194 e. The molecule has 6 N–H and O–H groups in total. The van der Waals surface area contributed by atoms with Crippen molar-refractivity contribution in [3.05, 3.63) is 29.8 Å². The van der Waals surface area contributed by atoms with Crippen LogP contribution in [0.5, 0.6) is 5.75 Å². The number of benzene rings is 1. The van der Waals surface area contributed by atoms with Crippen molar-refractivity contribution in [2.75, 3.05) is 6.61 Å². The highest BCUT2D eigenvalue weighted by molar-refractivity contribution is 5.99. The molecule has 7 nitrogen and oxygen atoms in total. The molecule has 0 aromatic heterocycles. The van der Waals surface area contributed by atoms with Crippen LogP contribution in [-0.2, 0) is 0 Å². The standard InChI is InChI=1S/C12H16O7/c13-5-8(15)10(17)12(19)11(18)9(16)6-1-3-7(14)4-2-6/h1-4,8,10-15,17-19H,5H2/t8-,10-,11+,12+/m1/s1. The Kier molecular flexibility index (Phi) is 5.40. The first kappa shape index (κ1) is 15.5. The number of carbonyl (C=O) groups is 1. The average molecular weight is 272 g/mol. The summed E-state index contributed by atoms with van der Waals surface area (Å²) in [5.74, 6) is -0.945. The van der Waals surface area contributed by atoms with Gasteiger partial charge in [0.2, 0.25) is 0 Å². The van der Waals surface area contributed by atoms with Gasteiger partial charge in [-0.05, 0) is 24.3 Å². The number of aromatic hydroxyl groups is 1. The van der Waals surface area contributed by atoms with Crippen LogP contribution in [0.1, 0.15) is 10.4 Å². The van der Waals surface area contributed by atoms with Crippen LogP contribution in [0, 0.1) is 0 Å². The molecule has 0 bridgehead atoms. The Hall–Kier alpha value is -1.51. The maximum atomic E-state index is 11.8. The lowest BCUT2D eigenvalue weighted by atomic mass is 9.96. The van der Waals surface area contributed by atoms with Gasteiger partial charge in [-0.1, -0.05) is 0 Å². The Morgan fingerprint density at radius 2 is 1.53 bits per heavy atom. The monoisotopic (exact) mass is 272 g/mol. The van der Waals surface area contributed by atoms with Gasteiger partial charge in [0.05, 0.1) is 6.61 Å². The molecular formula is C12H16O7. The number of carbonyl (C=O) groups excluding carboxylic acids is 1. The third kappa shape index (κ3) is 3.72. The molecule has 0 aliphatic rings. The first-order chi connectivity index (χ1) is 8.88. The molecule has 1 aromatic carbocycles. The Morgan fingerprint density at radius 3 is 2.00 bits per heavy atom. The third-order valence-corrected chi connectivity index (χ3v) is 2.68. The Morgan fingerprint density at radius 1 is 1.00 bits per heavy atom. The number of aliphatic hydroxyl groups is 5. The number of aliphatic hydroxyl groups excluding tert-OH is 5. The van der Waals surface area contributed by atoms with Crippen molar-refractivity contribution in [2.24, 2.45) is 0 Å². The summed E-state index contributed by atoms with van der Waals surface area (Å²) >= 11 is 0. The van der Waals surface area contributed by atoms with Gasteiger partial charge in [0.25, 0.3) is 0 Å². The summed E-state index contributed by atoms with van der Waals surface area (Å²) in [7, 11) is 0. The van der Waals surface area contributed by atoms with E-state index in [0.717, 1.165) is 0 Å². The third-order valence-electron chi connectivity index (χ3n) is 2.68. The fraction of sp³-hybridized carbons (Fsp3) is 0.417. The predicted molar refractivity (Wildman–Crippen MR) is 63.6 cm³/mol. The van der Waals surface area contributed by atoms with Crippen molar-refractivity contribution in [1.29, 1.82) is 0 Å². The molecule has 1 rings (SSSR count). The molecule has 1 aromatic rings.